The molecule has 34 heavy (non-hydrogen) atoms. The van der Waals surface area contributed by atoms with Crippen LogP contribution < -0.4 is 14.4 Å². The molecule has 0 spiro atoms. The van der Waals surface area contributed by atoms with Crippen molar-refractivity contribution in [3.63, 3.8) is 0 Å². The fraction of sp³-hybridized carbons (Fsp3) is 0.154. The molecule has 1 aliphatic heterocycles. The maximum Gasteiger partial charge on any atom is 0.271 e. The summed E-state index contributed by atoms with van der Waals surface area (Å²) < 4.78 is 11.4. The van der Waals surface area contributed by atoms with Crippen LogP contribution in [0.2, 0.25) is 10.0 Å². The summed E-state index contributed by atoms with van der Waals surface area (Å²) in [5.41, 5.74) is 2.15. The maximum absolute atomic E-state index is 13.5. The third-order valence-electron chi connectivity index (χ3n) is 4.83. The van der Waals surface area contributed by atoms with Crippen molar-refractivity contribution in [2.45, 2.75) is 13.8 Å². The van der Waals surface area contributed by atoms with E-state index in [1.54, 1.807) is 41.3 Å². The first-order valence-electron chi connectivity index (χ1n) is 10.7. The standard InChI is InChI=1S/C26H22Cl2N2O3S/c1-3-32-22-14-5-17(23(16-22)33-4-2)15-24-25(31)30(21-12-8-19(28)9-13-21)26(34-24)29-20-10-6-18(27)7-11-20/h5-16H,3-4H2,1-2H3/b24-15-,29-26?. The molecular formula is C26H22Cl2N2O3S. The van der Waals surface area contributed by atoms with Gasteiger partial charge in [-0.05, 0) is 92.3 Å². The Hall–Kier alpha value is -2.93. The largest absolute Gasteiger partial charge is 0.494 e. The lowest BCUT2D eigenvalue weighted by Gasteiger charge is -2.15. The van der Waals surface area contributed by atoms with Gasteiger partial charge < -0.3 is 9.47 Å². The van der Waals surface area contributed by atoms with E-state index >= 15 is 0 Å². The highest BCUT2D eigenvalue weighted by atomic mass is 35.5. The number of rotatable bonds is 7. The third kappa shape index (κ3) is 5.58. The number of hydrogen-bond donors (Lipinski definition) is 0. The normalized spacial score (nSPS) is 15.9. The van der Waals surface area contributed by atoms with Crippen molar-refractivity contribution in [2.24, 2.45) is 4.99 Å². The van der Waals surface area contributed by atoms with Gasteiger partial charge in [-0.15, -0.1) is 0 Å². The number of carbonyl (C=O) groups excluding carboxylic acids is 1. The Bertz CT molecular complexity index is 1240. The number of carbonyl (C=O) groups is 1. The fourth-order valence-corrected chi connectivity index (χ4v) is 4.55. The number of nitrogens with zero attached hydrogens (tertiary/aromatic N) is 2. The van der Waals surface area contributed by atoms with E-state index in [9.17, 15) is 4.79 Å². The smallest absolute Gasteiger partial charge is 0.271 e. The van der Waals surface area contributed by atoms with Gasteiger partial charge in [0.05, 0.1) is 29.5 Å². The zero-order valence-electron chi connectivity index (χ0n) is 18.6. The van der Waals surface area contributed by atoms with Crippen molar-refractivity contribution >= 4 is 63.5 Å². The second-order valence-electron chi connectivity index (χ2n) is 7.16. The topological polar surface area (TPSA) is 51.1 Å². The van der Waals surface area contributed by atoms with Gasteiger partial charge in [-0.1, -0.05) is 23.2 Å². The lowest BCUT2D eigenvalue weighted by Crippen LogP contribution is -2.28. The van der Waals surface area contributed by atoms with Crippen LogP contribution in [0.1, 0.15) is 19.4 Å². The number of ether oxygens (including phenoxy) is 2. The molecule has 1 aliphatic rings. The Kier molecular flexibility index (Phi) is 7.83. The Morgan fingerprint density at radius 1 is 0.912 bits per heavy atom. The minimum Gasteiger partial charge on any atom is -0.494 e. The van der Waals surface area contributed by atoms with Gasteiger partial charge in [0.1, 0.15) is 11.5 Å². The molecule has 0 unspecified atom stereocenters. The van der Waals surface area contributed by atoms with Gasteiger partial charge in [0.25, 0.3) is 5.91 Å². The van der Waals surface area contributed by atoms with E-state index in [-0.39, 0.29) is 5.91 Å². The van der Waals surface area contributed by atoms with Crippen LogP contribution in [0.15, 0.2) is 76.6 Å². The summed E-state index contributed by atoms with van der Waals surface area (Å²) >= 11 is 13.4. The number of aliphatic imine (C=N–C) groups is 1. The monoisotopic (exact) mass is 512 g/mol. The molecule has 0 atom stereocenters. The van der Waals surface area contributed by atoms with Crippen LogP contribution in [-0.2, 0) is 4.79 Å². The van der Waals surface area contributed by atoms with Crippen molar-refractivity contribution < 1.29 is 14.3 Å². The summed E-state index contributed by atoms with van der Waals surface area (Å²) in [5, 5.41) is 1.74. The molecule has 174 valence electrons. The van der Waals surface area contributed by atoms with E-state index in [1.807, 2.05) is 50.3 Å². The summed E-state index contributed by atoms with van der Waals surface area (Å²) in [4.78, 5) is 20.3. The molecule has 5 nitrogen and oxygen atoms in total. The van der Waals surface area contributed by atoms with Crippen molar-refractivity contribution in [1.29, 1.82) is 0 Å². The number of thioether (sulfide) groups is 1. The number of hydrogen-bond acceptors (Lipinski definition) is 5. The van der Waals surface area contributed by atoms with Gasteiger partial charge in [0.15, 0.2) is 5.17 Å². The molecule has 8 heteroatoms. The highest BCUT2D eigenvalue weighted by Gasteiger charge is 2.35. The lowest BCUT2D eigenvalue weighted by molar-refractivity contribution is -0.113. The van der Waals surface area contributed by atoms with Crippen LogP contribution in [0.5, 0.6) is 11.5 Å². The van der Waals surface area contributed by atoms with Crippen molar-refractivity contribution in [3.8, 4) is 11.5 Å². The lowest BCUT2D eigenvalue weighted by atomic mass is 10.1. The predicted octanol–water partition coefficient (Wildman–Crippen LogP) is 7.60. The average molecular weight is 513 g/mol. The molecule has 4 rings (SSSR count). The molecule has 1 heterocycles. The Morgan fingerprint density at radius 2 is 1.56 bits per heavy atom. The van der Waals surface area contributed by atoms with Gasteiger partial charge in [-0.2, -0.15) is 0 Å². The zero-order valence-corrected chi connectivity index (χ0v) is 21.0. The summed E-state index contributed by atoms with van der Waals surface area (Å²) in [7, 11) is 0. The first kappa shape index (κ1) is 24.2. The molecule has 0 saturated carbocycles. The summed E-state index contributed by atoms with van der Waals surface area (Å²) in [6.45, 7) is 4.89. The first-order valence-corrected chi connectivity index (χ1v) is 12.3. The highest BCUT2D eigenvalue weighted by molar-refractivity contribution is 8.19. The van der Waals surface area contributed by atoms with Crippen molar-refractivity contribution in [3.05, 3.63) is 87.2 Å². The van der Waals surface area contributed by atoms with E-state index in [0.717, 1.165) is 5.56 Å². The molecular weight excluding hydrogens is 491 g/mol. The predicted molar refractivity (Wildman–Crippen MR) is 142 cm³/mol. The quantitative estimate of drug-likeness (QED) is 0.305. The molecule has 0 aromatic heterocycles. The molecule has 0 bridgehead atoms. The molecule has 1 amide bonds. The number of halogens is 2. The molecule has 3 aromatic carbocycles. The second-order valence-corrected chi connectivity index (χ2v) is 9.05. The van der Waals surface area contributed by atoms with Gasteiger partial charge in [-0.25, -0.2) is 4.99 Å². The maximum atomic E-state index is 13.5. The van der Waals surface area contributed by atoms with Crippen LogP contribution in [-0.4, -0.2) is 24.3 Å². The molecule has 0 N–H and O–H groups in total. The first-order chi connectivity index (χ1) is 16.5. The summed E-state index contributed by atoms with van der Waals surface area (Å²) in [6.07, 6.45) is 1.82. The molecule has 1 fully saturated rings. The van der Waals surface area contributed by atoms with Crippen LogP contribution in [0.25, 0.3) is 6.08 Å². The van der Waals surface area contributed by atoms with Crippen LogP contribution >= 0.6 is 35.0 Å². The number of amidine groups is 1. The molecule has 0 radical (unpaired) electrons. The molecule has 3 aromatic rings. The summed E-state index contributed by atoms with van der Waals surface area (Å²) in [5.74, 6) is 1.18. The second kappa shape index (κ2) is 11.0. The van der Waals surface area contributed by atoms with Crippen LogP contribution in [0.4, 0.5) is 11.4 Å². The van der Waals surface area contributed by atoms with Crippen LogP contribution in [0.3, 0.4) is 0 Å². The fourth-order valence-electron chi connectivity index (χ4n) is 3.30. The highest BCUT2D eigenvalue weighted by Crippen LogP contribution is 2.39. The van der Waals surface area contributed by atoms with E-state index in [1.165, 1.54) is 11.8 Å². The van der Waals surface area contributed by atoms with E-state index in [2.05, 4.69) is 0 Å². The number of anilines is 1. The Morgan fingerprint density at radius 3 is 2.21 bits per heavy atom. The van der Waals surface area contributed by atoms with Gasteiger partial charge in [0, 0.05) is 21.7 Å². The van der Waals surface area contributed by atoms with Crippen LogP contribution in [0, 0.1) is 0 Å². The Labute approximate surface area is 213 Å². The van der Waals surface area contributed by atoms with Crippen molar-refractivity contribution in [1.82, 2.24) is 0 Å². The zero-order chi connectivity index (χ0) is 24.1. The summed E-state index contributed by atoms with van der Waals surface area (Å²) in [6, 6.07) is 19.8. The minimum atomic E-state index is -0.184. The van der Waals surface area contributed by atoms with E-state index in [0.29, 0.717) is 56.2 Å². The number of benzene rings is 3. The SMILES string of the molecule is CCOc1ccc(/C=C2\SC(=Nc3ccc(Cl)cc3)N(c3ccc(Cl)cc3)C2=O)c(OCC)c1. The van der Waals surface area contributed by atoms with E-state index in [4.69, 9.17) is 37.7 Å². The third-order valence-corrected chi connectivity index (χ3v) is 6.30. The molecule has 1 saturated heterocycles. The number of amides is 1. The van der Waals surface area contributed by atoms with Gasteiger partial charge in [-0.3, -0.25) is 9.69 Å². The minimum absolute atomic E-state index is 0.184. The molecule has 0 aliphatic carbocycles. The van der Waals surface area contributed by atoms with Crippen molar-refractivity contribution in [2.75, 3.05) is 18.1 Å². The Balaban J connectivity index is 1.76. The van der Waals surface area contributed by atoms with E-state index < -0.39 is 0 Å². The van der Waals surface area contributed by atoms with Gasteiger partial charge >= 0.3 is 0 Å². The van der Waals surface area contributed by atoms with Gasteiger partial charge in [0.2, 0.25) is 0 Å². The average Bonchev–Trinajstić information content (AvgIpc) is 3.12.